The number of carbonyl (C=O) groups excluding carboxylic acids is 2. The normalized spacial score (nSPS) is 13.9. The predicted octanol–water partition coefficient (Wildman–Crippen LogP) is 5.80. The molecule has 2 amide bonds. The molecule has 1 N–H and O–H groups in total. The third kappa shape index (κ3) is 3.73. The van der Waals surface area contributed by atoms with Crippen molar-refractivity contribution in [2.45, 2.75) is 20.8 Å². The first-order chi connectivity index (χ1) is 14.8. The van der Waals surface area contributed by atoms with Gasteiger partial charge in [-0.2, -0.15) is 0 Å². The molecular weight excluding hydrogens is 415 g/mol. The summed E-state index contributed by atoms with van der Waals surface area (Å²) in [5.41, 5.74) is 4.47. The van der Waals surface area contributed by atoms with Crippen molar-refractivity contribution in [1.29, 1.82) is 0 Å². The molecule has 4 rings (SSSR count). The average Bonchev–Trinajstić information content (AvgIpc) is 2.95. The number of carbonyl (C=O) groups is 2. The summed E-state index contributed by atoms with van der Waals surface area (Å²) >= 11 is 6.24. The predicted molar refractivity (Wildman–Crippen MR) is 122 cm³/mol. The van der Waals surface area contributed by atoms with Gasteiger partial charge in [0.1, 0.15) is 11.5 Å². The number of hydrogen-bond donors (Lipinski definition) is 1. The van der Waals surface area contributed by atoms with E-state index in [1.165, 1.54) is 24.3 Å². The number of halogens is 2. The molecule has 0 saturated carbocycles. The summed E-state index contributed by atoms with van der Waals surface area (Å²) in [6, 6.07) is 16.4. The summed E-state index contributed by atoms with van der Waals surface area (Å²) in [5, 5.41) is 3.66. The molecule has 0 fully saturated rings. The number of amides is 2. The van der Waals surface area contributed by atoms with Crippen LogP contribution in [0.3, 0.4) is 0 Å². The van der Waals surface area contributed by atoms with Crippen LogP contribution in [0.5, 0.6) is 0 Å². The zero-order valence-electron chi connectivity index (χ0n) is 17.3. The van der Waals surface area contributed by atoms with Crippen LogP contribution < -0.4 is 10.2 Å². The number of aryl methyl sites for hydroxylation is 2. The van der Waals surface area contributed by atoms with E-state index in [2.05, 4.69) is 5.32 Å². The summed E-state index contributed by atoms with van der Waals surface area (Å²) in [5.74, 6) is -1.59. The highest BCUT2D eigenvalue weighted by Crippen LogP contribution is 2.36. The van der Waals surface area contributed by atoms with Gasteiger partial charge in [-0.1, -0.05) is 47.5 Å². The minimum atomic E-state index is -0.551. The first kappa shape index (κ1) is 20.8. The van der Waals surface area contributed by atoms with Crippen molar-refractivity contribution in [2.24, 2.45) is 0 Å². The van der Waals surface area contributed by atoms with Crippen LogP contribution in [0.1, 0.15) is 22.3 Å². The maximum atomic E-state index is 13.9. The highest BCUT2D eigenvalue weighted by molar-refractivity contribution is 6.46. The van der Waals surface area contributed by atoms with E-state index in [1.54, 1.807) is 18.2 Å². The molecule has 3 aromatic carbocycles. The molecular formula is C25H20ClFN2O2. The minimum Gasteiger partial charge on any atom is -0.350 e. The molecule has 0 atom stereocenters. The topological polar surface area (TPSA) is 49.4 Å². The van der Waals surface area contributed by atoms with Crippen molar-refractivity contribution >= 4 is 40.4 Å². The van der Waals surface area contributed by atoms with Crippen LogP contribution >= 0.6 is 11.6 Å². The number of imide groups is 1. The van der Waals surface area contributed by atoms with E-state index < -0.39 is 17.6 Å². The van der Waals surface area contributed by atoms with Crippen molar-refractivity contribution in [3.8, 4) is 0 Å². The Labute approximate surface area is 185 Å². The van der Waals surface area contributed by atoms with Crippen LogP contribution in [0.25, 0.3) is 5.57 Å². The molecule has 31 heavy (non-hydrogen) atoms. The van der Waals surface area contributed by atoms with Gasteiger partial charge in [0.05, 0.1) is 11.3 Å². The van der Waals surface area contributed by atoms with Crippen molar-refractivity contribution in [1.82, 2.24) is 0 Å². The second kappa shape index (κ2) is 8.00. The molecule has 1 heterocycles. The smallest absolute Gasteiger partial charge is 0.282 e. The van der Waals surface area contributed by atoms with Gasteiger partial charge in [-0.05, 0) is 67.8 Å². The van der Waals surface area contributed by atoms with Crippen molar-refractivity contribution < 1.29 is 14.0 Å². The lowest BCUT2D eigenvalue weighted by molar-refractivity contribution is -0.120. The van der Waals surface area contributed by atoms with E-state index in [0.29, 0.717) is 16.3 Å². The molecule has 0 aromatic heterocycles. The molecule has 1 aliphatic rings. The van der Waals surface area contributed by atoms with Gasteiger partial charge >= 0.3 is 0 Å². The lowest BCUT2D eigenvalue weighted by Gasteiger charge is -2.16. The van der Waals surface area contributed by atoms with Crippen molar-refractivity contribution in [2.75, 3.05) is 10.2 Å². The van der Waals surface area contributed by atoms with Crippen molar-refractivity contribution in [3.63, 3.8) is 0 Å². The van der Waals surface area contributed by atoms with Crippen LogP contribution in [0.2, 0.25) is 5.02 Å². The second-order valence-electron chi connectivity index (χ2n) is 7.53. The quantitative estimate of drug-likeness (QED) is 0.528. The van der Waals surface area contributed by atoms with E-state index in [-0.39, 0.29) is 17.0 Å². The molecule has 0 radical (unpaired) electrons. The Morgan fingerprint density at radius 1 is 0.903 bits per heavy atom. The Kier molecular flexibility index (Phi) is 5.38. The molecule has 4 nitrogen and oxygen atoms in total. The van der Waals surface area contributed by atoms with Crippen LogP contribution in [-0.4, -0.2) is 11.8 Å². The summed E-state index contributed by atoms with van der Waals surface area (Å²) < 4.78 is 13.9. The van der Waals surface area contributed by atoms with E-state index >= 15 is 0 Å². The van der Waals surface area contributed by atoms with Crippen LogP contribution in [0.4, 0.5) is 15.8 Å². The fraction of sp³-hybridized carbons (Fsp3) is 0.120. The van der Waals surface area contributed by atoms with Gasteiger partial charge < -0.3 is 5.32 Å². The van der Waals surface area contributed by atoms with Gasteiger partial charge in [0.25, 0.3) is 11.8 Å². The number of rotatable bonds is 4. The Hall–Kier alpha value is -3.44. The third-order valence-corrected chi connectivity index (χ3v) is 5.74. The van der Waals surface area contributed by atoms with Gasteiger partial charge in [-0.3, -0.25) is 9.59 Å². The number of nitrogens with zero attached hydrogens (tertiary/aromatic N) is 1. The monoisotopic (exact) mass is 434 g/mol. The fourth-order valence-electron chi connectivity index (χ4n) is 3.72. The van der Waals surface area contributed by atoms with Crippen LogP contribution in [-0.2, 0) is 9.59 Å². The van der Waals surface area contributed by atoms with E-state index in [1.807, 2.05) is 39.0 Å². The molecule has 0 bridgehead atoms. The lowest BCUT2D eigenvalue weighted by atomic mass is 9.97. The first-order valence-electron chi connectivity index (χ1n) is 9.76. The first-order valence-corrected chi connectivity index (χ1v) is 10.1. The average molecular weight is 435 g/mol. The summed E-state index contributed by atoms with van der Waals surface area (Å²) in [4.78, 5) is 27.9. The Morgan fingerprint density at radius 2 is 1.65 bits per heavy atom. The van der Waals surface area contributed by atoms with Gasteiger partial charge in [0, 0.05) is 10.7 Å². The standard InChI is InChI=1S/C25H20ClFN2O2/c1-14-10-11-19(15(2)12-14)22-23(28-21-9-5-8-20(26)16(21)3)25(31)29(24(22)30)18-7-4-6-17(27)13-18/h4-13,28H,1-3H3. The van der Waals surface area contributed by atoms with E-state index in [0.717, 1.165) is 21.6 Å². The van der Waals surface area contributed by atoms with Gasteiger partial charge in [-0.15, -0.1) is 0 Å². The molecule has 0 aliphatic carbocycles. The van der Waals surface area contributed by atoms with E-state index in [9.17, 15) is 14.0 Å². The summed E-state index contributed by atoms with van der Waals surface area (Å²) in [6.07, 6.45) is 0. The highest BCUT2D eigenvalue weighted by Gasteiger charge is 2.41. The lowest BCUT2D eigenvalue weighted by Crippen LogP contribution is -2.32. The Balaban J connectivity index is 1.89. The molecule has 6 heteroatoms. The maximum Gasteiger partial charge on any atom is 0.282 e. The molecule has 3 aromatic rings. The maximum absolute atomic E-state index is 13.9. The zero-order chi connectivity index (χ0) is 22.3. The molecule has 156 valence electrons. The van der Waals surface area contributed by atoms with Crippen LogP contribution in [0.15, 0.2) is 66.4 Å². The third-order valence-electron chi connectivity index (χ3n) is 5.33. The zero-order valence-corrected chi connectivity index (χ0v) is 18.0. The highest BCUT2D eigenvalue weighted by atomic mass is 35.5. The Bertz CT molecular complexity index is 1270. The summed E-state index contributed by atoms with van der Waals surface area (Å²) in [7, 11) is 0. The molecule has 0 unspecified atom stereocenters. The van der Waals surface area contributed by atoms with E-state index in [4.69, 9.17) is 11.6 Å². The van der Waals surface area contributed by atoms with Crippen molar-refractivity contribution in [3.05, 3.63) is 99.5 Å². The van der Waals surface area contributed by atoms with Gasteiger partial charge in [0.2, 0.25) is 0 Å². The molecule has 1 aliphatic heterocycles. The van der Waals surface area contributed by atoms with Gasteiger partial charge in [-0.25, -0.2) is 9.29 Å². The second-order valence-corrected chi connectivity index (χ2v) is 7.94. The fourth-order valence-corrected chi connectivity index (χ4v) is 3.89. The number of hydrogen-bond acceptors (Lipinski definition) is 3. The summed E-state index contributed by atoms with van der Waals surface area (Å²) in [6.45, 7) is 5.67. The Morgan fingerprint density at radius 3 is 2.35 bits per heavy atom. The largest absolute Gasteiger partial charge is 0.350 e. The number of benzene rings is 3. The molecule has 0 saturated heterocycles. The van der Waals surface area contributed by atoms with Gasteiger partial charge in [0.15, 0.2) is 0 Å². The molecule has 0 spiro atoms. The van der Waals surface area contributed by atoms with Crippen LogP contribution in [0, 0.1) is 26.6 Å². The SMILES string of the molecule is Cc1ccc(C2=C(Nc3cccc(Cl)c3C)C(=O)N(c3cccc(F)c3)C2=O)c(C)c1. The minimum absolute atomic E-state index is 0.131. The number of anilines is 2. The number of nitrogens with one attached hydrogen (secondary N) is 1.